The zero-order valence-corrected chi connectivity index (χ0v) is 14.6. The van der Waals surface area contributed by atoms with Crippen molar-refractivity contribution < 1.29 is 9.59 Å². The maximum atomic E-state index is 12.5. The highest BCUT2D eigenvalue weighted by Gasteiger charge is 2.25. The monoisotopic (exact) mass is 356 g/mol. The van der Waals surface area contributed by atoms with Crippen LogP contribution in [0.3, 0.4) is 0 Å². The lowest BCUT2D eigenvalue weighted by Gasteiger charge is -2.27. The van der Waals surface area contributed by atoms with Crippen LogP contribution >= 0.6 is 11.6 Å². The van der Waals surface area contributed by atoms with Gasteiger partial charge in [-0.2, -0.15) is 0 Å². The summed E-state index contributed by atoms with van der Waals surface area (Å²) in [6.45, 7) is 3.68. The molecule has 1 aliphatic rings. The number of anilines is 2. The molecule has 0 saturated heterocycles. The number of carbonyl (C=O) groups excluding carboxylic acids is 2. The Labute approximate surface area is 150 Å². The van der Waals surface area contributed by atoms with Crippen LogP contribution in [0.4, 0.5) is 11.4 Å². The van der Waals surface area contributed by atoms with E-state index in [2.05, 4.69) is 15.7 Å². The van der Waals surface area contributed by atoms with Crippen molar-refractivity contribution in [3.8, 4) is 0 Å². The minimum Gasteiger partial charge on any atom is -0.319 e. The van der Waals surface area contributed by atoms with Crippen molar-refractivity contribution in [1.82, 2.24) is 5.43 Å². The van der Waals surface area contributed by atoms with E-state index in [0.717, 1.165) is 11.1 Å². The molecule has 0 aliphatic carbocycles. The number of hydrogen-bond acceptors (Lipinski definition) is 4. The van der Waals surface area contributed by atoms with Gasteiger partial charge in [-0.15, -0.1) is 0 Å². The largest absolute Gasteiger partial charge is 0.319 e. The number of halogens is 1. The Kier molecular flexibility index (Phi) is 4.72. The molecule has 0 unspecified atom stereocenters. The number of hydrazine groups is 1. The zero-order valence-electron chi connectivity index (χ0n) is 13.8. The van der Waals surface area contributed by atoms with Crippen molar-refractivity contribution in [2.75, 3.05) is 16.9 Å². The topological polar surface area (TPSA) is 73.8 Å². The van der Waals surface area contributed by atoms with Gasteiger partial charge in [-0.25, -0.2) is 5.01 Å². The summed E-state index contributed by atoms with van der Waals surface area (Å²) in [6.07, 6.45) is 0. The van der Waals surface area contributed by atoms with Crippen molar-refractivity contribution in [1.29, 1.82) is 0 Å². The number of hydrogen-bond donors (Lipinski definition) is 2. The molecule has 3 rings (SSSR count). The van der Waals surface area contributed by atoms with Crippen LogP contribution < -0.4 is 15.8 Å². The molecule has 1 heterocycles. The van der Waals surface area contributed by atoms with E-state index >= 15 is 0 Å². The van der Waals surface area contributed by atoms with Crippen LogP contribution in [0.15, 0.2) is 47.5 Å². The summed E-state index contributed by atoms with van der Waals surface area (Å²) in [7, 11) is 0. The van der Waals surface area contributed by atoms with E-state index in [1.165, 1.54) is 5.01 Å². The number of nitrogens with zero attached hydrogens (tertiary/aromatic N) is 2. The van der Waals surface area contributed by atoms with Crippen LogP contribution in [0.25, 0.3) is 0 Å². The van der Waals surface area contributed by atoms with Gasteiger partial charge in [0.25, 0.3) is 11.8 Å². The number of amidine groups is 1. The predicted molar refractivity (Wildman–Crippen MR) is 98.9 cm³/mol. The van der Waals surface area contributed by atoms with Crippen LogP contribution in [0.5, 0.6) is 0 Å². The van der Waals surface area contributed by atoms with Gasteiger partial charge < -0.3 is 5.32 Å². The van der Waals surface area contributed by atoms with Crippen molar-refractivity contribution in [3.05, 3.63) is 58.6 Å². The molecule has 0 fully saturated rings. The van der Waals surface area contributed by atoms with Gasteiger partial charge >= 0.3 is 0 Å². The van der Waals surface area contributed by atoms with Gasteiger partial charge in [-0.05, 0) is 43.7 Å². The molecular weight excluding hydrogens is 340 g/mol. The number of aryl methyl sites for hydroxylation is 1. The van der Waals surface area contributed by atoms with E-state index in [4.69, 9.17) is 11.6 Å². The van der Waals surface area contributed by atoms with Gasteiger partial charge in [0, 0.05) is 10.7 Å². The lowest BCUT2D eigenvalue weighted by molar-refractivity contribution is -0.118. The third-order valence-electron chi connectivity index (χ3n) is 3.86. The molecule has 2 amide bonds. The van der Waals surface area contributed by atoms with E-state index in [0.29, 0.717) is 16.4 Å². The van der Waals surface area contributed by atoms with Gasteiger partial charge in [-0.1, -0.05) is 35.4 Å². The summed E-state index contributed by atoms with van der Waals surface area (Å²) in [5.41, 5.74) is 5.87. The number of rotatable bonds is 3. The van der Waals surface area contributed by atoms with Gasteiger partial charge in [-0.3, -0.25) is 20.0 Å². The van der Waals surface area contributed by atoms with Gasteiger partial charge in [0.15, 0.2) is 0 Å². The summed E-state index contributed by atoms with van der Waals surface area (Å²) in [5, 5.41) is 4.65. The molecule has 2 aromatic carbocycles. The lowest BCUT2D eigenvalue weighted by atomic mass is 10.2. The van der Waals surface area contributed by atoms with E-state index < -0.39 is 5.91 Å². The zero-order chi connectivity index (χ0) is 18.0. The minimum atomic E-state index is -0.435. The Bertz CT molecular complexity index is 862. The Morgan fingerprint density at radius 1 is 1.20 bits per heavy atom. The van der Waals surface area contributed by atoms with Gasteiger partial charge in [0.2, 0.25) is 5.84 Å². The Morgan fingerprint density at radius 3 is 2.64 bits per heavy atom. The highest BCUT2D eigenvalue weighted by molar-refractivity contribution is 6.43. The predicted octanol–water partition coefficient (Wildman–Crippen LogP) is 2.85. The quantitative estimate of drug-likeness (QED) is 0.888. The lowest BCUT2D eigenvalue weighted by Crippen LogP contribution is -2.54. The molecule has 25 heavy (non-hydrogen) atoms. The van der Waals surface area contributed by atoms with E-state index in [-0.39, 0.29) is 18.3 Å². The second-order valence-electron chi connectivity index (χ2n) is 5.71. The normalized spacial score (nSPS) is 14.0. The second-order valence-corrected chi connectivity index (χ2v) is 6.12. The van der Waals surface area contributed by atoms with E-state index in [9.17, 15) is 9.59 Å². The molecule has 0 saturated carbocycles. The first kappa shape index (κ1) is 17.0. The fraction of sp³-hybridized carbons (Fsp3) is 0.167. The highest BCUT2D eigenvalue weighted by Crippen LogP contribution is 2.23. The molecule has 0 spiro atoms. The molecule has 2 aromatic rings. The minimum absolute atomic E-state index is 0.0690. The maximum Gasteiger partial charge on any atom is 0.292 e. The molecule has 0 aromatic heterocycles. The van der Waals surface area contributed by atoms with Gasteiger partial charge in [0.05, 0.1) is 5.69 Å². The van der Waals surface area contributed by atoms with E-state index in [1.807, 2.05) is 38.1 Å². The first-order valence-electron chi connectivity index (χ1n) is 7.73. The Balaban J connectivity index is 1.78. The third-order valence-corrected chi connectivity index (χ3v) is 4.27. The number of nitrogens with one attached hydrogen (secondary N) is 2. The third kappa shape index (κ3) is 3.64. The van der Waals surface area contributed by atoms with Crippen LogP contribution in [0, 0.1) is 13.8 Å². The molecule has 0 atom stereocenters. The summed E-state index contributed by atoms with van der Waals surface area (Å²) < 4.78 is 0. The highest BCUT2D eigenvalue weighted by atomic mass is 35.5. The molecule has 128 valence electrons. The average Bonchev–Trinajstić information content (AvgIpc) is 2.60. The van der Waals surface area contributed by atoms with Crippen LogP contribution in [0.2, 0.25) is 5.02 Å². The van der Waals surface area contributed by atoms with Crippen molar-refractivity contribution >= 4 is 40.6 Å². The van der Waals surface area contributed by atoms with Crippen molar-refractivity contribution in [2.24, 2.45) is 4.99 Å². The fourth-order valence-corrected chi connectivity index (χ4v) is 2.54. The number of benzene rings is 2. The molecule has 1 aliphatic heterocycles. The summed E-state index contributed by atoms with van der Waals surface area (Å²) in [5.74, 6) is -0.603. The molecule has 0 bridgehead atoms. The average molecular weight is 357 g/mol. The standard InChI is InChI=1S/C18H17ClN4O2/c1-11-6-8-13(9-7-11)23-16(24)10-20-17(22-23)18(25)21-15-5-3-4-14(19)12(15)2/h3-9H,10H2,1-2H3,(H,20,22)(H,21,25). The molecule has 2 N–H and O–H groups in total. The van der Waals surface area contributed by atoms with Crippen molar-refractivity contribution in [2.45, 2.75) is 13.8 Å². The van der Waals surface area contributed by atoms with Crippen LogP contribution in [-0.4, -0.2) is 24.2 Å². The summed E-state index contributed by atoms with van der Waals surface area (Å²) in [4.78, 5) is 28.6. The molecular formula is C18H17ClN4O2. The molecule has 7 heteroatoms. The Morgan fingerprint density at radius 2 is 1.92 bits per heavy atom. The van der Waals surface area contributed by atoms with Gasteiger partial charge in [0.1, 0.15) is 6.54 Å². The first-order valence-corrected chi connectivity index (χ1v) is 8.10. The number of aliphatic imine (C=N–C) groups is 1. The smallest absolute Gasteiger partial charge is 0.292 e. The molecule has 6 nitrogen and oxygen atoms in total. The molecule has 0 radical (unpaired) electrons. The SMILES string of the molecule is Cc1ccc(N2NC(C(=O)Nc3cccc(Cl)c3C)=NCC2=O)cc1. The van der Waals surface area contributed by atoms with Crippen LogP contribution in [0.1, 0.15) is 11.1 Å². The fourth-order valence-electron chi connectivity index (χ4n) is 2.37. The summed E-state index contributed by atoms with van der Waals surface area (Å²) >= 11 is 6.07. The summed E-state index contributed by atoms with van der Waals surface area (Å²) in [6, 6.07) is 12.7. The van der Waals surface area contributed by atoms with Crippen molar-refractivity contribution in [3.63, 3.8) is 0 Å². The van der Waals surface area contributed by atoms with E-state index in [1.54, 1.807) is 18.2 Å². The first-order chi connectivity index (χ1) is 12.0. The second kappa shape index (κ2) is 6.94. The Hall–Kier alpha value is -2.86. The number of carbonyl (C=O) groups is 2. The van der Waals surface area contributed by atoms with Crippen LogP contribution in [-0.2, 0) is 9.59 Å². The number of amides is 2. The maximum absolute atomic E-state index is 12.5.